The smallest absolute Gasteiger partial charge is 0.336 e. The van der Waals surface area contributed by atoms with Crippen LogP contribution in [0.1, 0.15) is 21.8 Å². The quantitative estimate of drug-likeness (QED) is 0.838. The number of nitrogen functional groups attached to an aromatic ring is 1. The van der Waals surface area contributed by atoms with Gasteiger partial charge in [-0.05, 0) is 34.9 Å². The third-order valence-corrected chi connectivity index (χ3v) is 3.63. The molecule has 0 bridgehead atoms. The summed E-state index contributed by atoms with van der Waals surface area (Å²) >= 11 is 0. The second-order valence-corrected chi connectivity index (χ2v) is 5.03. The maximum Gasteiger partial charge on any atom is 0.336 e. The molecule has 0 aromatic heterocycles. The Kier molecular flexibility index (Phi) is 3.32. The van der Waals surface area contributed by atoms with Crippen LogP contribution in [0.5, 0.6) is 0 Å². The van der Waals surface area contributed by atoms with Gasteiger partial charge in [0, 0.05) is 11.6 Å². The van der Waals surface area contributed by atoms with Gasteiger partial charge in [-0.3, -0.25) is 0 Å². The summed E-state index contributed by atoms with van der Waals surface area (Å²) in [7, 11) is 0. The highest BCUT2D eigenvalue weighted by Crippen LogP contribution is 2.29. The predicted molar refractivity (Wildman–Crippen MR) is 84.3 cm³/mol. The van der Waals surface area contributed by atoms with E-state index in [9.17, 15) is 9.90 Å². The zero-order chi connectivity index (χ0) is 14.8. The lowest BCUT2D eigenvalue weighted by Gasteiger charge is -2.10. The molecule has 1 aliphatic carbocycles. The van der Waals surface area contributed by atoms with Crippen molar-refractivity contribution >= 4 is 11.7 Å². The monoisotopic (exact) mass is 277 g/mol. The van der Waals surface area contributed by atoms with Crippen LogP contribution in [0, 0.1) is 0 Å². The van der Waals surface area contributed by atoms with Gasteiger partial charge in [-0.15, -0.1) is 0 Å². The zero-order valence-corrected chi connectivity index (χ0v) is 11.4. The van der Waals surface area contributed by atoms with Crippen LogP contribution >= 0.6 is 0 Å². The highest BCUT2D eigenvalue weighted by molar-refractivity contribution is 5.96. The van der Waals surface area contributed by atoms with Gasteiger partial charge in [-0.1, -0.05) is 48.6 Å². The standard InChI is InChI=1S/C18H15NO2/c19-15-9-10-16(18(20)21)17(11-15)14-7-5-13(6-8-14)12-3-1-2-4-12/h1-12H,19H2,(H,20,21). The molecule has 3 rings (SSSR count). The second kappa shape index (κ2) is 5.29. The van der Waals surface area contributed by atoms with Crippen molar-refractivity contribution in [3.05, 3.63) is 77.9 Å². The van der Waals surface area contributed by atoms with Gasteiger partial charge >= 0.3 is 5.97 Å². The molecule has 0 atom stereocenters. The molecule has 3 heteroatoms. The molecule has 0 saturated carbocycles. The molecule has 2 aromatic carbocycles. The van der Waals surface area contributed by atoms with E-state index in [-0.39, 0.29) is 5.56 Å². The van der Waals surface area contributed by atoms with Gasteiger partial charge in [0.2, 0.25) is 0 Å². The summed E-state index contributed by atoms with van der Waals surface area (Å²) in [5.41, 5.74) is 9.29. The minimum absolute atomic E-state index is 0.262. The summed E-state index contributed by atoms with van der Waals surface area (Å²) in [5, 5.41) is 9.29. The maximum absolute atomic E-state index is 11.3. The number of benzene rings is 2. The molecular weight excluding hydrogens is 262 g/mol. The third-order valence-electron chi connectivity index (χ3n) is 3.63. The number of carbonyl (C=O) groups is 1. The topological polar surface area (TPSA) is 63.3 Å². The van der Waals surface area contributed by atoms with E-state index in [1.54, 1.807) is 18.2 Å². The number of carboxylic acids is 1. The zero-order valence-electron chi connectivity index (χ0n) is 11.4. The van der Waals surface area contributed by atoms with Crippen molar-refractivity contribution in [2.45, 2.75) is 5.92 Å². The molecule has 0 amide bonds. The van der Waals surface area contributed by atoms with Crippen LogP contribution in [0.15, 0.2) is 66.8 Å². The molecule has 3 N–H and O–H groups in total. The summed E-state index contributed by atoms with van der Waals surface area (Å²) in [6, 6.07) is 12.8. The van der Waals surface area contributed by atoms with Gasteiger partial charge in [0.25, 0.3) is 0 Å². The van der Waals surface area contributed by atoms with Crippen LogP contribution in [0.4, 0.5) is 5.69 Å². The number of hydrogen-bond donors (Lipinski definition) is 2. The first-order valence-corrected chi connectivity index (χ1v) is 6.73. The maximum atomic E-state index is 11.3. The van der Waals surface area contributed by atoms with Gasteiger partial charge < -0.3 is 10.8 Å². The fourth-order valence-electron chi connectivity index (χ4n) is 2.53. The van der Waals surface area contributed by atoms with E-state index in [2.05, 4.69) is 12.2 Å². The van der Waals surface area contributed by atoms with Crippen molar-refractivity contribution in [3.63, 3.8) is 0 Å². The van der Waals surface area contributed by atoms with Crippen molar-refractivity contribution in [1.29, 1.82) is 0 Å². The Morgan fingerprint density at radius 3 is 2.29 bits per heavy atom. The Labute approximate surface area is 123 Å². The second-order valence-electron chi connectivity index (χ2n) is 5.03. The van der Waals surface area contributed by atoms with Crippen LogP contribution in [0.25, 0.3) is 11.1 Å². The molecule has 2 aromatic rings. The van der Waals surface area contributed by atoms with Crippen LogP contribution in [-0.2, 0) is 0 Å². The lowest BCUT2D eigenvalue weighted by Crippen LogP contribution is -2.01. The molecule has 0 heterocycles. The minimum atomic E-state index is -0.948. The average Bonchev–Trinajstić information content (AvgIpc) is 3.01. The molecule has 0 unspecified atom stereocenters. The Balaban J connectivity index is 2.01. The van der Waals surface area contributed by atoms with Crippen LogP contribution in [0.3, 0.4) is 0 Å². The van der Waals surface area contributed by atoms with Crippen molar-refractivity contribution in [3.8, 4) is 11.1 Å². The van der Waals surface area contributed by atoms with E-state index < -0.39 is 5.97 Å². The number of allylic oxidation sites excluding steroid dienone is 4. The van der Waals surface area contributed by atoms with E-state index in [0.717, 1.165) is 5.56 Å². The first-order chi connectivity index (χ1) is 10.1. The third kappa shape index (κ3) is 2.58. The molecule has 0 fully saturated rings. The number of rotatable bonds is 3. The van der Waals surface area contributed by atoms with Gasteiger partial charge in [-0.25, -0.2) is 4.79 Å². The van der Waals surface area contributed by atoms with E-state index in [1.165, 1.54) is 5.56 Å². The van der Waals surface area contributed by atoms with E-state index in [1.807, 2.05) is 36.4 Å². The van der Waals surface area contributed by atoms with E-state index >= 15 is 0 Å². The number of nitrogens with two attached hydrogens (primary N) is 1. The lowest BCUT2D eigenvalue weighted by molar-refractivity contribution is 0.0698. The number of hydrogen-bond acceptors (Lipinski definition) is 2. The van der Waals surface area contributed by atoms with Crippen LogP contribution < -0.4 is 5.73 Å². The van der Waals surface area contributed by atoms with Crippen molar-refractivity contribution in [1.82, 2.24) is 0 Å². The SMILES string of the molecule is Nc1ccc(C(=O)O)c(-c2ccc(C3C=CC=C3)cc2)c1. The molecule has 0 saturated heterocycles. The van der Waals surface area contributed by atoms with Crippen LogP contribution in [-0.4, -0.2) is 11.1 Å². The molecule has 21 heavy (non-hydrogen) atoms. The minimum Gasteiger partial charge on any atom is -0.478 e. The summed E-state index contributed by atoms with van der Waals surface area (Å²) in [5.74, 6) is -0.644. The van der Waals surface area contributed by atoms with Crippen LogP contribution in [0.2, 0.25) is 0 Å². The molecule has 0 radical (unpaired) electrons. The van der Waals surface area contributed by atoms with Gasteiger partial charge in [0.15, 0.2) is 0 Å². The first kappa shape index (κ1) is 13.2. The molecular formula is C18H15NO2. The Hall–Kier alpha value is -2.81. The summed E-state index contributed by atoms with van der Waals surface area (Å²) in [6.45, 7) is 0. The lowest BCUT2D eigenvalue weighted by atomic mass is 9.95. The number of anilines is 1. The Bertz CT molecular complexity index is 730. The first-order valence-electron chi connectivity index (χ1n) is 6.73. The fourth-order valence-corrected chi connectivity index (χ4v) is 2.53. The molecule has 104 valence electrons. The summed E-state index contributed by atoms with van der Waals surface area (Å²) < 4.78 is 0. The summed E-state index contributed by atoms with van der Waals surface area (Å²) in [4.78, 5) is 11.3. The van der Waals surface area contributed by atoms with Gasteiger partial charge in [0.1, 0.15) is 0 Å². The van der Waals surface area contributed by atoms with Crippen molar-refractivity contribution in [2.75, 3.05) is 5.73 Å². The fraction of sp³-hybridized carbons (Fsp3) is 0.0556. The molecule has 0 spiro atoms. The predicted octanol–water partition coefficient (Wildman–Crippen LogP) is 3.84. The van der Waals surface area contributed by atoms with Gasteiger partial charge in [-0.2, -0.15) is 0 Å². The highest BCUT2D eigenvalue weighted by Gasteiger charge is 2.13. The van der Waals surface area contributed by atoms with E-state index in [4.69, 9.17) is 5.73 Å². The Morgan fingerprint density at radius 1 is 1.00 bits per heavy atom. The van der Waals surface area contributed by atoms with Crippen molar-refractivity contribution < 1.29 is 9.90 Å². The number of carboxylic acid groups (broad SMARTS) is 1. The number of aromatic carboxylic acids is 1. The summed E-state index contributed by atoms with van der Waals surface area (Å²) in [6.07, 6.45) is 8.30. The van der Waals surface area contributed by atoms with Crippen molar-refractivity contribution in [2.24, 2.45) is 0 Å². The van der Waals surface area contributed by atoms with Gasteiger partial charge in [0.05, 0.1) is 5.56 Å². The average molecular weight is 277 g/mol. The molecule has 1 aliphatic rings. The van der Waals surface area contributed by atoms with E-state index in [0.29, 0.717) is 17.2 Å². The highest BCUT2D eigenvalue weighted by atomic mass is 16.4. The molecule has 3 nitrogen and oxygen atoms in total. The normalized spacial score (nSPS) is 13.7. The molecule has 0 aliphatic heterocycles. The Morgan fingerprint density at radius 2 is 1.67 bits per heavy atom. The largest absolute Gasteiger partial charge is 0.478 e.